The largest absolute Gasteiger partial charge is 0.481 e. The Bertz CT molecular complexity index is 1570. The average molecular weight is 541 g/mol. The minimum atomic E-state index is -2.66. The molecule has 2 N–H and O–H groups in total. The Morgan fingerprint density at radius 3 is 2.31 bits per heavy atom. The first-order valence-electron chi connectivity index (χ1n) is 11.6. The number of ether oxygens (including phenoxy) is 1. The Balaban J connectivity index is 1.65. The van der Waals surface area contributed by atoms with Crippen molar-refractivity contribution < 1.29 is 27.8 Å². The van der Waals surface area contributed by atoms with E-state index in [4.69, 9.17) is 4.74 Å². The van der Waals surface area contributed by atoms with Crippen molar-refractivity contribution in [3.8, 4) is 11.6 Å². The van der Waals surface area contributed by atoms with Gasteiger partial charge in [-0.15, -0.1) is 0 Å². The highest BCUT2D eigenvalue weighted by Gasteiger charge is 2.19. The maximum Gasteiger partial charge on any atom is 0.354 e. The summed E-state index contributed by atoms with van der Waals surface area (Å²) in [6.07, 6.45) is -1.65. The Kier molecular flexibility index (Phi) is 8.08. The van der Waals surface area contributed by atoms with Gasteiger partial charge in [-0.05, 0) is 35.9 Å². The van der Waals surface area contributed by atoms with E-state index in [1.807, 2.05) is 0 Å². The number of hydrogen-bond donors (Lipinski definition) is 2. The minimum absolute atomic E-state index is 0.142. The number of alkyl halides is 2. The number of rotatable bonds is 10. The van der Waals surface area contributed by atoms with E-state index < -0.39 is 42.1 Å². The lowest BCUT2D eigenvalue weighted by Gasteiger charge is -2.17. The number of carboxylic acids is 1. The number of aliphatic carboxylic acids is 1. The van der Waals surface area contributed by atoms with E-state index in [0.717, 1.165) is 10.8 Å². The minimum Gasteiger partial charge on any atom is -0.481 e. The molecule has 0 aliphatic rings. The molecule has 4 aromatic rings. The molecule has 0 bridgehead atoms. The first-order chi connectivity index (χ1) is 18.6. The van der Waals surface area contributed by atoms with Crippen LogP contribution in [0.3, 0.4) is 0 Å². The van der Waals surface area contributed by atoms with Crippen LogP contribution < -0.4 is 21.4 Å². The third-order valence-electron chi connectivity index (χ3n) is 5.63. The zero-order chi connectivity index (χ0) is 28.1. The molecular weight excluding hydrogens is 519 g/mol. The van der Waals surface area contributed by atoms with E-state index >= 15 is 0 Å². The number of aromatic nitrogens is 4. The zero-order valence-corrected chi connectivity index (χ0v) is 20.4. The summed E-state index contributed by atoms with van der Waals surface area (Å²) in [6, 6.07) is 14.1. The van der Waals surface area contributed by atoms with E-state index in [1.165, 1.54) is 43.3 Å². The number of nitrogens with zero attached hydrogens (tertiary/aromatic N) is 4. The van der Waals surface area contributed by atoms with Crippen LogP contribution in [0.1, 0.15) is 24.5 Å². The first kappa shape index (κ1) is 27.1. The summed E-state index contributed by atoms with van der Waals surface area (Å²) in [6.45, 7) is 0.795. The summed E-state index contributed by atoms with van der Waals surface area (Å²) >= 11 is 0. The summed E-state index contributed by atoms with van der Waals surface area (Å²) in [7, 11) is 0. The molecule has 2 heterocycles. The van der Waals surface area contributed by atoms with Crippen molar-refractivity contribution in [3.63, 3.8) is 0 Å². The number of halogens is 3. The van der Waals surface area contributed by atoms with Crippen molar-refractivity contribution in [3.05, 3.63) is 105 Å². The van der Waals surface area contributed by atoms with Crippen molar-refractivity contribution in [2.45, 2.75) is 26.4 Å². The van der Waals surface area contributed by atoms with Crippen LogP contribution in [0, 0.1) is 11.7 Å². The van der Waals surface area contributed by atoms with Crippen LogP contribution in [0.25, 0.3) is 0 Å². The Morgan fingerprint density at radius 1 is 1.03 bits per heavy atom. The molecule has 0 fully saturated rings. The Morgan fingerprint density at radius 2 is 1.72 bits per heavy atom. The van der Waals surface area contributed by atoms with Crippen molar-refractivity contribution in [2.24, 2.45) is 5.92 Å². The molecule has 39 heavy (non-hydrogen) atoms. The van der Waals surface area contributed by atoms with Gasteiger partial charge < -0.3 is 15.2 Å². The van der Waals surface area contributed by atoms with E-state index in [-0.39, 0.29) is 23.9 Å². The molecule has 0 saturated heterocycles. The highest BCUT2D eigenvalue weighted by atomic mass is 19.3. The summed E-state index contributed by atoms with van der Waals surface area (Å²) in [5.74, 6) is -2.35. The van der Waals surface area contributed by atoms with Gasteiger partial charge in [0.1, 0.15) is 11.6 Å². The molecular formula is C26H22F3N5O5. The predicted octanol–water partition coefficient (Wildman–Crippen LogP) is 4.18. The van der Waals surface area contributed by atoms with Gasteiger partial charge in [-0.1, -0.05) is 31.2 Å². The van der Waals surface area contributed by atoms with Gasteiger partial charge in [0, 0.05) is 23.9 Å². The molecule has 0 aliphatic heterocycles. The number of anilines is 2. The second-order valence-corrected chi connectivity index (χ2v) is 8.54. The second kappa shape index (κ2) is 11.6. The quantitative estimate of drug-likeness (QED) is 0.306. The summed E-state index contributed by atoms with van der Waals surface area (Å²) in [5, 5.41) is 12.1. The van der Waals surface area contributed by atoms with Crippen molar-refractivity contribution in [1.29, 1.82) is 0 Å². The molecule has 0 amide bonds. The van der Waals surface area contributed by atoms with E-state index in [2.05, 4.69) is 15.3 Å². The van der Waals surface area contributed by atoms with Crippen LogP contribution in [-0.2, 0) is 17.9 Å². The van der Waals surface area contributed by atoms with Crippen molar-refractivity contribution in [1.82, 2.24) is 19.1 Å². The molecule has 0 unspecified atom stereocenters. The van der Waals surface area contributed by atoms with Crippen LogP contribution in [0.4, 0.5) is 24.8 Å². The van der Waals surface area contributed by atoms with Crippen LogP contribution in [0.5, 0.6) is 11.6 Å². The molecule has 2 aromatic carbocycles. The topological polar surface area (TPSA) is 128 Å². The van der Waals surface area contributed by atoms with E-state index in [0.29, 0.717) is 21.6 Å². The number of pyridine rings is 1. The molecule has 1 atom stereocenters. The fourth-order valence-electron chi connectivity index (χ4n) is 3.51. The number of nitrogens with one attached hydrogen (secondary N) is 1. The number of carboxylic acid groups (broad SMARTS) is 1. The van der Waals surface area contributed by atoms with Gasteiger partial charge in [0.05, 0.1) is 18.7 Å². The molecule has 13 heteroatoms. The lowest BCUT2D eigenvalue weighted by atomic mass is 10.1. The molecule has 0 saturated carbocycles. The van der Waals surface area contributed by atoms with Crippen LogP contribution >= 0.6 is 0 Å². The SMILES string of the molecule is C[C@@H](Cn1c(=O)nc(Nc2ccc(Oc3ccc(F)cn3)cc2)n(Cc2ccc(C(F)F)cc2)c1=O)C(=O)O. The van der Waals surface area contributed by atoms with Gasteiger partial charge >= 0.3 is 17.3 Å². The predicted molar refractivity (Wildman–Crippen MR) is 134 cm³/mol. The number of carbonyl (C=O) groups is 1. The molecule has 0 radical (unpaired) electrons. The third-order valence-corrected chi connectivity index (χ3v) is 5.63. The van der Waals surface area contributed by atoms with E-state index in [9.17, 15) is 32.7 Å². The van der Waals surface area contributed by atoms with Crippen molar-refractivity contribution in [2.75, 3.05) is 5.32 Å². The first-order valence-corrected chi connectivity index (χ1v) is 11.6. The third kappa shape index (κ3) is 6.69. The average Bonchev–Trinajstić information content (AvgIpc) is 2.91. The normalized spacial score (nSPS) is 11.8. The molecule has 0 aliphatic carbocycles. The molecule has 202 valence electrons. The fraction of sp³-hybridized carbons (Fsp3) is 0.192. The van der Waals surface area contributed by atoms with Crippen LogP contribution in [-0.4, -0.2) is 30.2 Å². The highest BCUT2D eigenvalue weighted by Crippen LogP contribution is 2.23. The standard InChI is InChI=1S/C26H22F3N5O5/c1-15(23(35)36)13-34-25(37)32-24(33(26(34)38)14-16-2-4-17(5-3-16)22(28)29)31-19-7-9-20(10-8-19)39-21-11-6-18(27)12-30-21/h2-12,15,22H,13-14H2,1H3,(H,35,36)(H,31,32,37)/t15-/m0/s1. The summed E-state index contributed by atoms with van der Waals surface area (Å²) < 4.78 is 46.3. The van der Waals surface area contributed by atoms with Crippen molar-refractivity contribution >= 4 is 17.6 Å². The molecule has 4 rings (SSSR count). The van der Waals surface area contributed by atoms with Gasteiger partial charge in [-0.2, -0.15) is 4.98 Å². The van der Waals surface area contributed by atoms with Crippen LogP contribution in [0.2, 0.25) is 0 Å². The lowest BCUT2D eigenvalue weighted by molar-refractivity contribution is -0.141. The van der Waals surface area contributed by atoms with Gasteiger partial charge in [-0.3, -0.25) is 9.36 Å². The lowest BCUT2D eigenvalue weighted by Crippen LogP contribution is -2.44. The molecule has 0 spiro atoms. The zero-order valence-electron chi connectivity index (χ0n) is 20.4. The van der Waals surface area contributed by atoms with E-state index in [1.54, 1.807) is 24.3 Å². The maximum absolute atomic E-state index is 13.3. The summed E-state index contributed by atoms with van der Waals surface area (Å²) in [5.41, 5.74) is -1.09. The van der Waals surface area contributed by atoms with Gasteiger partial charge in [0.2, 0.25) is 11.8 Å². The Hall–Kier alpha value is -4.94. The van der Waals surface area contributed by atoms with Gasteiger partial charge in [0.15, 0.2) is 0 Å². The Labute approximate surface area is 219 Å². The second-order valence-electron chi connectivity index (χ2n) is 8.54. The molecule has 2 aromatic heterocycles. The fourth-order valence-corrected chi connectivity index (χ4v) is 3.51. The van der Waals surface area contributed by atoms with Crippen LogP contribution in [0.15, 0.2) is 76.4 Å². The summed E-state index contributed by atoms with van der Waals surface area (Å²) in [4.78, 5) is 45.1. The smallest absolute Gasteiger partial charge is 0.354 e. The van der Waals surface area contributed by atoms with Gasteiger partial charge in [-0.25, -0.2) is 32.3 Å². The maximum atomic E-state index is 13.3. The highest BCUT2D eigenvalue weighted by molar-refractivity contribution is 5.69. The number of hydrogen-bond acceptors (Lipinski definition) is 7. The monoisotopic (exact) mass is 541 g/mol. The van der Waals surface area contributed by atoms with Gasteiger partial charge in [0.25, 0.3) is 6.43 Å². The number of benzene rings is 2. The molecule has 10 nitrogen and oxygen atoms in total.